The van der Waals surface area contributed by atoms with Crippen LogP contribution in [0.25, 0.3) is 4.85 Å². The van der Waals surface area contributed by atoms with Crippen LogP contribution in [0.1, 0.15) is 15.3 Å². The molecule has 0 unspecified atom stereocenters. The summed E-state index contributed by atoms with van der Waals surface area (Å²) in [6.07, 6.45) is 0. The quantitative estimate of drug-likeness (QED) is 0.469. The van der Waals surface area contributed by atoms with Crippen molar-refractivity contribution in [3.63, 3.8) is 0 Å². The van der Waals surface area contributed by atoms with Crippen molar-refractivity contribution in [1.82, 2.24) is 0 Å². The van der Waals surface area contributed by atoms with Crippen LogP contribution in [0, 0.1) is 25.3 Å². The fraction of sp³-hybridized carbons (Fsp3) is 0.0714. The van der Waals surface area contributed by atoms with Gasteiger partial charge in [-0.05, 0) is 19.1 Å². The zero-order chi connectivity index (χ0) is 11.4. The molecule has 0 amide bonds. The van der Waals surface area contributed by atoms with Crippen LogP contribution in [0.2, 0.25) is 0 Å². The summed E-state index contributed by atoms with van der Waals surface area (Å²) >= 11 is 1.69. The molecule has 1 aromatic heterocycles. The molecule has 0 radical (unpaired) electrons. The van der Waals surface area contributed by atoms with E-state index in [1.807, 2.05) is 18.2 Å². The van der Waals surface area contributed by atoms with Crippen molar-refractivity contribution in [2.75, 3.05) is 0 Å². The first-order chi connectivity index (χ1) is 7.78. The molecule has 0 fully saturated rings. The molecule has 0 aliphatic carbocycles. The van der Waals surface area contributed by atoms with Crippen molar-refractivity contribution in [1.29, 1.82) is 0 Å². The van der Waals surface area contributed by atoms with Crippen LogP contribution in [0.5, 0.6) is 0 Å². The van der Waals surface area contributed by atoms with Gasteiger partial charge in [0.25, 0.3) is 0 Å². The van der Waals surface area contributed by atoms with Gasteiger partial charge in [-0.3, -0.25) is 0 Å². The van der Waals surface area contributed by atoms with Crippen molar-refractivity contribution < 1.29 is 0 Å². The van der Waals surface area contributed by atoms with Crippen molar-refractivity contribution in [3.05, 3.63) is 63.1 Å². The Morgan fingerprint density at radius 2 is 1.81 bits per heavy atom. The van der Waals surface area contributed by atoms with Crippen LogP contribution in [0.15, 0.2) is 36.4 Å². The van der Waals surface area contributed by atoms with E-state index in [0.717, 1.165) is 10.4 Å². The van der Waals surface area contributed by atoms with Crippen LogP contribution < -0.4 is 0 Å². The average molecular weight is 223 g/mol. The first kappa shape index (κ1) is 10.5. The Morgan fingerprint density at radius 3 is 2.38 bits per heavy atom. The van der Waals surface area contributed by atoms with E-state index in [-0.39, 0.29) is 0 Å². The second kappa shape index (κ2) is 4.66. The molecule has 0 saturated heterocycles. The van der Waals surface area contributed by atoms with Gasteiger partial charge in [-0.2, -0.15) is 0 Å². The largest absolute Gasteiger partial charge is 0.238 e. The second-order valence-corrected chi connectivity index (χ2v) is 4.61. The number of aryl methyl sites for hydroxylation is 1. The van der Waals surface area contributed by atoms with E-state index >= 15 is 0 Å². The number of rotatable bonds is 0. The summed E-state index contributed by atoms with van der Waals surface area (Å²) < 4.78 is 0. The highest BCUT2D eigenvalue weighted by atomic mass is 32.1. The maximum atomic E-state index is 6.84. The normalized spacial score (nSPS) is 9.00. The van der Waals surface area contributed by atoms with Crippen molar-refractivity contribution in [2.45, 2.75) is 6.92 Å². The highest BCUT2D eigenvalue weighted by molar-refractivity contribution is 7.12. The fourth-order valence-electron chi connectivity index (χ4n) is 1.25. The molecule has 0 bridgehead atoms. The summed E-state index contributed by atoms with van der Waals surface area (Å²) in [6.45, 7) is 8.91. The average Bonchev–Trinajstić information content (AvgIpc) is 2.73. The number of hydrogen-bond donors (Lipinski definition) is 0. The summed E-state index contributed by atoms with van der Waals surface area (Å²) in [7, 11) is 0. The highest BCUT2D eigenvalue weighted by Gasteiger charge is 1.92. The van der Waals surface area contributed by atoms with Crippen LogP contribution in [-0.2, 0) is 0 Å². The minimum Gasteiger partial charge on any atom is -0.238 e. The lowest BCUT2D eigenvalue weighted by Crippen LogP contribution is -1.71. The van der Waals surface area contributed by atoms with Gasteiger partial charge in [0.05, 0.1) is 11.4 Å². The molecular formula is C14H9NS. The molecule has 0 aliphatic rings. The molecule has 2 rings (SSSR count). The third kappa shape index (κ3) is 2.51. The van der Waals surface area contributed by atoms with E-state index in [9.17, 15) is 0 Å². The lowest BCUT2D eigenvalue weighted by molar-refractivity contribution is 1.64. The zero-order valence-corrected chi connectivity index (χ0v) is 9.64. The predicted octanol–water partition coefficient (Wildman–Crippen LogP) is 4.01. The van der Waals surface area contributed by atoms with Crippen molar-refractivity contribution in [2.24, 2.45) is 0 Å². The smallest absolute Gasteiger partial charge is 0.187 e. The van der Waals surface area contributed by atoms with Gasteiger partial charge in [-0.25, -0.2) is 4.85 Å². The molecule has 0 N–H and O–H groups in total. The Balaban J connectivity index is 2.21. The van der Waals surface area contributed by atoms with E-state index in [1.165, 1.54) is 4.88 Å². The molecule has 76 valence electrons. The Kier molecular flexibility index (Phi) is 3.05. The van der Waals surface area contributed by atoms with Gasteiger partial charge >= 0.3 is 0 Å². The first-order valence-electron chi connectivity index (χ1n) is 4.84. The van der Waals surface area contributed by atoms with Crippen molar-refractivity contribution >= 4 is 17.0 Å². The predicted molar refractivity (Wildman–Crippen MR) is 67.7 cm³/mol. The Morgan fingerprint density at radius 1 is 1.06 bits per heavy atom. The Labute approximate surface area is 99.2 Å². The maximum absolute atomic E-state index is 6.84. The van der Waals surface area contributed by atoms with E-state index in [0.29, 0.717) is 5.69 Å². The summed E-state index contributed by atoms with van der Waals surface area (Å²) in [5.41, 5.74) is 1.59. The van der Waals surface area contributed by atoms with Crippen LogP contribution >= 0.6 is 11.3 Å². The molecule has 16 heavy (non-hydrogen) atoms. The van der Waals surface area contributed by atoms with Gasteiger partial charge < -0.3 is 0 Å². The summed E-state index contributed by atoms with van der Waals surface area (Å²) in [4.78, 5) is 5.68. The summed E-state index contributed by atoms with van der Waals surface area (Å²) in [5.74, 6) is 6.19. The van der Waals surface area contributed by atoms with Gasteiger partial charge in [0, 0.05) is 10.4 Å². The summed E-state index contributed by atoms with van der Waals surface area (Å²) in [5, 5.41) is 0. The molecule has 2 aromatic rings. The van der Waals surface area contributed by atoms with E-state index < -0.39 is 0 Å². The molecule has 0 atom stereocenters. The molecular weight excluding hydrogens is 214 g/mol. The third-order valence-electron chi connectivity index (χ3n) is 2.07. The van der Waals surface area contributed by atoms with Crippen LogP contribution in [0.3, 0.4) is 0 Å². The van der Waals surface area contributed by atoms with Gasteiger partial charge in [-0.15, -0.1) is 11.3 Å². The molecule has 2 heteroatoms. The lowest BCUT2D eigenvalue weighted by atomic mass is 10.2. The minimum absolute atomic E-state index is 0.650. The number of benzene rings is 1. The second-order valence-electron chi connectivity index (χ2n) is 3.32. The monoisotopic (exact) mass is 223 g/mol. The number of nitrogens with zero attached hydrogens (tertiary/aromatic N) is 1. The van der Waals surface area contributed by atoms with Gasteiger partial charge in [-0.1, -0.05) is 36.1 Å². The number of hydrogen-bond acceptors (Lipinski definition) is 1. The molecule has 0 spiro atoms. The number of thiophene rings is 1. The van der Waals surface area contributed by atoms with Gasteiger partial charge in [0.1, 0.15) is 0 Å². The Hall–Kier alpha value is -2.03. The highest BCUT2D eigenvalue weighted by Crippen LogP contribution is 2.14. The first-order valence-corrected chi connectivity index (χ1v) is 5.65. The standard InChI is InChI=1S/C14H9NS/c1-11-3-9-14(16-11)10-6-12-4-7-13(15-2)8-5-12/h3-5,7-9H,1H3. The minimum atomic E-state index is 0.650. The van der Waals surface area contributed by atoms with Crippen molar-refractivity contribution in [3.8, 4) is 11.8 Å². The zero-order valence-electron chi connectivity index (χ0n) is 8.82. The third-order valence-corrected chi connectivity index (χ3v) is 2.98. The molecule has 1 nitrogen and oxygen atoms in total. The molecule has 1 heterocycles. The van der Waals surface area contributed by atoms with E-state index in [2.05, 4.69) is 29.7 Å². The molecule has 0 aliphatic heterocycles. The van der Waals surface area contributed by atoms with Gasteiger partial charge in [0.2, 0.25) is 0 Å². The summed E-state index contributed by atoms with van der Waals surface area (Å²) in [6, 6.07) is 11.4. The van der Waals surface area contributed by atoms with Crippen LogP contribution in [0.4, 0.5) is 5.69 Å². The maximum Gasteiger partial charge on any atom is 0.187 e. The van der Waals surface area contributed by atoms with E-state index in [1.54, 1.807) is 23.5 Å². The van der Waals surface area contributed by atoms with Crippen LogP contribution in [-0.4, -0.2) is 0 Å². The fourth-order valence-corrected chi connectivity index (χ4v) is 1.98. The Bertz CT molecular complexity index is 588. The molecule has 0 saturated carbocycles. The SMILES string of the molecule is [C-]#[N+]c1ccc(C#Cc2ccc(C)s2)cc1. The molecule has 1 aromatic carbocycles. The topological polar surface area (TPSA) is 4.36 Å². The van der Waals surface area contributed by atoms with E-state index in [4.69, 9.17) is 6.57 Å². The van der Waals surface area contributed by atoms with Gasteiger partial charge in [0.15, 0.2) is 5.69 Å². The lowest BCUT2D eigenvalue weighted by Gasteiger charge is -1.89.